The third-order valence-corrected chi connectivity index (χ3v) is 4.12. The molecular formula is C13H27N3. The van der Waals surface area contributed by atoms with Crippen molar-refractivity contribution in [3.63, 3.8) is 0 Å². The Morgan fingerprint density at radius 1 is 1.44 bits per heavy atom. The Morgan fingerprint density at radius 3 is 2.81 bits per heavy atom. The standard InChI is InChI=1S/C13H27N3/c1-15-8-3-4-12(10-15)5-9-16(2)11-13(14)6-7-13/h12H,3-11,14H2,1-2H3. The van der Waals surface area contributed by atoms with Crippen LogP contribution in [0.1, 0.15) is 32.1 Å². The first-order chi connectivity index (χ1) is 7.57. The summed E-state index contributed by atoms with van der Waals surface area (Å²) in [7, 11) is 4.47. The van der Waals surface area contributed by atoms with Gasteiger partial charge in [0.1, 0.15) is 0 Å². The van der Waals surface area contributed by atoms with Gasteiger partial charge in [0, 0.05) is 18.6 Å². The molecule has 0 aromatic heterocycles. The molecule has 3 heteroatoms. The summed E-state index contributed by atoms with van der Waals surface area (Å²) in [6, 6.07) is 0. The fraction of sp³-hybridized carbons (Fsp3) is 1.00. The molecule has 94 valence electrons. The Bertz CT molecular complexity index is 225. The molecule has 2 rings (SSSR count). The third kappa shape index (κ3) is 3.72. The van der Waals surface area contributed by atoms with Gasteiger partial charge in [0.05, 0.1) is 0 Å². The van der Waals surface area contributed by atoms with Gasteiger partial charge in [-0.15, -0.1) is 0 Å². The third-order valence-electron chi connectivity index (χ3n) is 4.12. The minimum Gasteiger partial charge on any atom is -0.324 e. The van der Waals surface area contributed by atoms with Crippen molar-refractivity contribution < 1.29 is 0 Å². The van der Waals surface area contributed by atoms with Gasteiger partial charge >= 0.3 is 0 Å². The van der Waals surface area contributed by atoms with Crippen molar-refractivity contribution in [1.29, 1.82) is 0 Å². The molecule has 1 heterocycles. The van der Waals surface area contributed by atoms with Gasteiger partial charge in [-0.2, -0.15) is 0 Å². The van der Waals surface area contributed by atoms with Crippen molar-refractivity contribution in [2.75, 3.05) is 40.3 Å². The smallest absolute Gasteiger partial charge is 0.0284 e. The molecule has 0 aromatic rings. The zero-order valence-corrected chi connectivity index (χ0v) is 10.9. The minimum absolute atomic E-state index is 0.179. The molecule has 1 aliphatic heterocycles. The van der Waals surface area contributed by atoms with Crippen molar-refractivity contribution in [3.05, 3.63) is 0 Å². The lowest BCUT2D eigenvalue weighted by molar-refractivity contribution is 0.183. The van der Waals surface area contributed by atoms with E-state index in [-0.39, 0.29) is 5.54 Å². The van der Waals surface area contributed by atoms with E-state index >= 15 is 0 Å². The van der Waals surface area contributed by atoms with Gasteiger partial charge in [-0.3, -0.25) is 0 Å². The minimum atomic E-state index is 0.179. The molecule has 16 heavy (non-hydrogen) atoms. The lowest BCUT2D eigenvalue weighted by Crippen LogP contribution is -2.39. The second kappa shape index (κ2) is 5.03. The van der Waals surface area contributed by atoms with Crippen molar-refractivity contribution in [3.8, 4) is 0 Å². The maximum absolute atomic E-state index is 6.13. The topological polar surface area (TPSA) is 32.5 Å². The predicted octanol–water partition coefficient (Wildman–Crippen LogP) is 1.14. The maximum Gasteiger partial charge on any atom is 0.0284 e. The number of likely N-dealkylation sites (N-methyl/N-ethyl adjacent to an activating group) is 1. The summed E-state index contributed by atoms with van der Waals surface area (Å²) in [5.74, 6) is 0.911. The molecule has 2 N–H and O–H groups in total. The second-order valence-electron chi connectivity index (χ2n) is 6.16. The highest BCUT2D eigenvalue weighted by molar-refractivity contribution is 5.00. The van der Waals surface area contributed by atoms with Crippen molar-refractivity contribution in [2.24, 2.45) is 11.7 Å². The Labute approximate surface area is 100.0 Å². The molecule has 1 saturated heterocycles. The van der Waals surface area contributed by atoms with E-state index in [0.29, 0.717) is 0 Å². The molecule has 0 amide bonds. The molecule has 1 aliphatic carbocycles. The summed E-state index contributed by atoms with van der Waals surface area (Å²) in [5, 5.41) is 0. The summed E-state index contributed by atoms with van der Waals surface area (Å²) in [5.41, 5.74) is 6.31. The molecule has 0 aromatic carbocycles. The summed E-state index contributed by atoms with van der Waals surface area (Å²) in [6.45, 7) is 4.90. The number of piperidine rings is 1. The van der Waals surface area contributed by atoms with Gasteiger partial charge in [0.15, 0.2) is 0 Å². The Balaban J connectivity index is 1.62. The lowest BCUT2D eigenvalue weighted by atomic mass is 9.95. The van der Waals surface area contributed by atoms with Crippen LogP contribution in [0, 0.1) is 5.92 Å². The monoisotopic (exact) mass is 225 g/mol. The van der Waals surface area contributed by atoms with E-state index in [1.807, 2.05) is 0 Å². The van der Waals surface area contributed by atoms with Gasteiger partial charge < -0.3 is 15.5 Å². The zero-order chi connectivity index (χ0) is 11.6. The molecule has 2 aliphatic rings. The summed E-state index contributed by atoms with van der Waals surface area (Å²) in [4.78, 5) is 4.90. The number of nitrogens with two attached hydrogens (primary N) is 1. The van der Waals surface area contributed by atoms with Gasteiger partial charge in [0.25, 0.3) is 0 Å². The summed E-state index contributed by atoms with van der Waals surface area (Å²) < 4.78 is 0. The number of hydrogen-bond acceptors (Lipinski definition) is 3. The van der Waals surface area contributed by atoms with Gasteiger partial charge in [-0.25, -0.2) is 0 Å². The first-order valence-corrected chi connectivity index (χ1v) is 6.73. The van der Waals surface area contributed by atoms with Crippen LogP contribution in [0.4, 0.5) is 0 Å². The average Bonchev–Trinajstić information content (AvgIpc) is 2.93. The number of rotatable bonds is 5. The molecule has 0 bridgehead atoms. The van der Waals surface area contributed by atoms with Gasteiger partial charge in [-0.1, -0.05) is 0 Å². The molecule has 1 saturated carbocycles. The molecule has 3 nitrogen and oxygen atoms in total. The largest absolute Gasteiger partial charge is 0.324 e. The van der Waals surface area contributed by atoms with Crippen LogP contribution in [0.2, 0.25) is 0 Å². The van der Waals surface area contributed by atoms with Crippen LogP contribution in [0.5, 0.6) is 0 Å². The first kappa shape index (κ1) is 12.3. The molecule has 2 fully saturated rings. The van der Waals surface area contributed by atoms with Crippen LogP contribution in [0.25, 0.3) is 0 Å². The van der Waals surface area contributed by atoms with Gasteiger partial charge in [-0.05, 0) is 65.2 Å². The number of nitrogens with zero attached hydrogens (tertiary/aromatic N) is 2. The van der Waals surface area contributed by atoms with E-state index in [1.165, 1.54) is 51.7 Å². The fourth-order valence-electron chi connectivity index (χ4n) is 2.85. The van der Waals surface area contributed by atoms with Crippen LogP contribution < -0.4 is 5.73 Å². The van der Waals surface area contributed by atoms with E-state index in [9.17, 15) is 0 Å². The van der Waals surface area contributed by atoms with E-state index in [0.717, 1.165) is 12.5 Å². The second-order valence-corrected chi connectivity index (χ2v) is 6.16. The fourth-order valence-corrected chi connectivity index (χ4v) is 2.85. The maximum atomic E-state index is 6.13. The first-order valence-electron chi connectivity index (χ1n) is 6.73. The van der Waals surface area contributed by atoms with Crippen molar-refractivity contribution in [1.82, 2.24) is 9.80 Å². The predicted molar refractivity (Wildman–Crippen MR) is 68.5 cm³/mol. The van der Waals surface area contributed by atoms with E-state index in [4.69, 9.17) is 5.73 Å². The van der Waals surface area contributed by atoms with Crippen LogP contribution in [-0.4, -0.2) is 55.6 Å². The van der Waals surface area contributed by atoms with Crippen LogP contribution in [0.15, 0.2) is 0 Å². The summed E-state index contributed by atoms with van der Waals surface area (Å²) in [6.07, 6.45) is 6.60. The quantitative estimate of drug-likeness (QED) is 0.761. The van der Waals surface area contributed by atoms with Crippen LogP contribution >= 0.6 is 0 Å². The SMILES string of the molecule is CN1CCCC(CCN(C)CC2(N)CC2)C1. The van der Waals surface area contributed by atoms with Crippen LogP contribution in [-0.2, 0) is 0 Å². The van der Waals surface area contributed by atoms with E-state index in [2.05, 4.69) is 23.9 Å². The Morgan fingerprint density at radius 2 is 2.19 bits per heavy atom. The highest BCUT2D eigenvalue weighted by atomic mass is 15.1. The summed E-state index contributed by atoms with van der Waals surface area (Å²) >= 11 is 0. The molecule has 1 unspecified atom stereocenters. The Hall–Kier alpha value is -0.120. The zero-order valence-electron chi connectivity index (χ0n) is 10.9. The van der Waals surface area contributed by atoms with Crippen LogP contribution in [0.3, 0.4) is 0 Å². The van der Waals surface area contributed by atoms with Gasteiger partial charge in [0.2, 0.25) is 0 Å². The Kier molecular flexibility index (Phi) is 3.88. The highest BCUT2D eigenvalue weighted by Crippen LogP contribution is 2.32. The number of hydrogen-bond donors (Lipinski definition) is 1. The molecular weight excluding hydrogens is 198 g/mol. The lowest BCUT2D eigenvalue weighted by Gasteiger charge is -2.31. The average molecular weight is 225 g/mol. The van der Waals surface area contributed by atoms with E-state index in [1.54, 1.807) is 0 Å². The highest BCUT2D eigenvalue weighted by Gasteiger charge is 2.38. The number of likely N-dealkylation sites (tertiary alicyclic amines) is 1. The van der Waals surface area contributed by atoms with Crippen molar-refractivity contribution in [2.45, 2.75) is 37.6 Å². The normalized spacial score (nSPS) is 29.6. The van der Waals surface area contributed by atoms with E-state index < -0.39 is 0 Å². The molecule has 0 spiro atoms. The molecule has 0 radical (unpaired) electrons. The molecule has 1 atom stereocenters. The van der Waals surface area contributed by atoms with Crippen molar-refractivity contribution >= 4 is 0 Å².